The first kappa shape index (κ1) is 15.5. The van der Waals surface area contributed by atoms with Gasteiger partial charge in [0.2, 0.25) is 0 Å². The van der Waals surface area contributed by atoms with E-state index in [0.717, 1.165) is 11.3 Å². The van der Waals surface area contributed by atoms with Gasteiger partial charge in [-0.15, -0.1) is 0 Å². The number of aromatic hydroxyl groups is 1. The molecule has 2 N–H and O–H groups in total. The van der Waals surface area contributed by atoms with Crippen molar-refractivity contribution in [2.24, 2.45) is 0 Å². The van der Waals surface area contributed by atoms with E-state index < -0.39 is 0 Å². The summed E-state index contributed by atoms with van der Waals surface area (Å²) >= 11 is 6.02. The van der Waals surface area contributed by atoms with Crippen LogP contribution in [0, 0.1) is 13.8 Å². The van der Waals surface area contributed by atoms with Crippen LogP contribution in [0.2, 0.25) is 5.02 Å². The number of halogens is 1. The number of benzene rings is 2. The Hall–Kier alpha value is -1.87. The van der Waals surface area contributed by atoms with Gasteiger partial charge < -0.3 is 15.2 Å². The lowest BCUT2D eigenvalue weighted by Gasteiger charge is -2.12. The number of anilines is 1. The summed E-state index contributed by atoms with van der Waals surface area (Å²) in [5.41, 5.74) is 4.53. The molecular weight excluding hydrogens is 286 g/mol. The van der Waals surface area contributed by atoms with E-state index in [4.69, 9.17) is 16.3 Å². The zero-order valence-electron chi connectivity index (χ0n) is 12.5. The summed E-state index contributed by atoms with van der Waals surface area (Å²) in [5.74, 6) is 0.412. The van der Waals surface area contributed by atoms with Gasteiger partial charge in [0, 0.05) is 12.2 Å². The molecule has 0 spiro atoms. The van der Waals surface area contributed by atoms with E-state index in [1.165, 1.54) is 11.1 Å². The van der Waals surface area contributed by atoms with Crippen LogP contribution in [0.5, 0.6) is 11.5 Å². The molecule has 2 rings (SSSR count). The van der Waals surface area contributed by atoms with Crippen LogP contribution < -0.4 is 10.1 Å². The zero-order valence-corrected chi connectivity index (χ0v) is 13.3. The quantitative estimate of drug-likeness (QED) is 0.843. The third-order valence-corrected chi connectivity index (χ3v) is 3.68. The molecule has 2 aromatic rings. The Bertz CT molecular complexity index is 641. The molecular formula is C17H20ClNO2. The average molecular weight is 306 g/mol. The number of phenols is 1. The van der Waals surface area contributed by atoms with Crippen molar-refractivity contribution < 1.29 is 9.84 Å². The number of aryl methyl sites for hydroxylation is 2. The number of phenolic OH excluding ortho intramolecular Hbond substituents is 1. The summed E-state index contributed by atoms with van der Waals surface area (Å²) in [7, 11) is 0. The molecule has 0 fully saturated rings. The maximum atomic E-state index is 9.83. The van der Waals surface area contributed by atoms with Gasteiger partial charge in [-0.05, 0) is 61.7 Å². The summed E-state index contributed by atoms with van der Waals surface area (Å²) in [5, 5.41) is 13.5. The van der Waals surface area contributed by atoms with Gasteiger partial charge in [0.25, 0.3) is 0 Å². The molecule has 0 radical (unpaired) electrons. The molecule has 0 bridgehead atoms. The molecule has 0 aliphatic carbocycles. The molecule has 3 nitrogen and oxygen atoms in total. The largest absolute Gasteiger partial charge is 0.503 e. The first-order chi connectivity index (χ1) is 10.0. The fourth-order valence-corrected chi connectivity index (χ4v) is 2.28. The van der Waals surface area contributed by atoms with Crippen LogP contribution in [0.1, 0.15) is 23.6 Å². The molecule has 21 heavy (non-hydrogen) atoms. The van der Waals surface area contributed by atoms with Crippen molar-refractivity contribution in [1.82, 2.24) is 0 Å². The molecule has 0 amide bonds. The highest BCUT2D eigenvalue weighted by Crippen LogP contribution is 2.35. The first-order valence-electron chi connectivity index (χ1n) is 6.96. The van der Waals surface area contributed by atoms with Crippen molar-refractivity contribution in [3.05, 3.63) is 52.0 Å². The van der Waals surface area contributed by atoms with Gasteiger partial charge in [0.1, 0.15) is 0 Å². The van der Waals surface area contributed by atoms with Gasteiger partial charge in [-0.2, -0.15) is 0 Å². The minimum Gasteiger partial charge on any atom is -0.503 e. The number of hydrogen-bond acceptors (Lipinski definition) is 3. The van der Waals surface area contributed by atoms with Crippen molar-refractivity contribution in [2.75, 3.05) is 11.9 Å². The second kappa shape index (κ2) is 6.72. The standard InChI is InChI=1S/C17H20ClNO2/c1-4-21-16-9-13(8-15(18)17(16)20)10-19-14-6-5-11(2)12(3)7-14/h5-9,19-20H,4,10H2,1-3H3. The SMILES string of the molecule is CCOc1cc(CNc2ccc(C)c(C)c2)cc(Cl)c1O. The molecule has 0 aromatic heterocycles. The maximum absolute atomic E-state index is 9.83. The van der Waals surface area contributed by atoms with Crippen LogP contribution in [0.4, 0.5) is 5.69 Å². The predicted octanol–water partition coefficient (Wildman–Crippen LogP) is 4.67. The Kier molecular flexibility index (Phi) is 4.97. The lowest BCUT2D eigenvalue weighted by Crippen LogP contribution is -2.01. The number of hydrogen-bond donors (Lipinski definition) is 2. The predicted molar refractivity (Wildman–Crippen MR) is 87.5 cm³/mol. The number of ether oxygens (including phenoxy) is 1. The molecule has 0 saturated heterocycles. The summed E-state index contributed by atoms with van der Waals surface area (Å²) in [6.45, 7) is 7.15. The average Bonchev–Trinajstić information content (AvgIpc) is 2.45. The van der Waals surface area contributed by atoms with E-state index in [1.807, 2.05) is 13.0 Å². The number of rotatable bonds is 5. The fraction of sp³-hybridized carbons (Fsp3) is 0.294. The lowest BCUT2D eigenvalue weighted by molar-refractivity contribution is 0.318. The second-order valence-corrected chi connectivity index (χ2v) is 5.42. The van der Waals surface area contributed by atoms with Crippen LogP contribution in [0.3, 0.4) is 0 Å². The maximum Gasteiger partial charge on any atom is 0.176 e. The van der Waals surface area contributed by atoms with Crippen LogP contribution in [0.25, 0.3) is 0 Å². The molecule has 2 aromatic carbocycles. The highest BCUT2D eigenvalue weighted by Gasteiger charge is 2.09. The molecule has 0 saturated carbocycles. The van der Waals surface area contributed by atoms with E-state index in [0.29, 0.717) is 23.9 Å². The Labute approximate surface area is 130 Å². The number of nitrogens with one attached hydrogen (secondary N) is 1. The topological polar surface area (TPSA) is 41.5 Å². The molecule has 0 atom stereocenters. The van der Waals surface area contributed by atoms with Crippen molar-refractivity contribution >= 4 is 17.3 Å². The molecule has 0 aliphatic heterocycles. The van der Waals surface area contributed by atoms with E-state index >= 15 is 0 Å². The first-order valence-corrected chi connectivity index (χ1v) is 7.34. The Morgan fingerprint density at radius 3 is 2.57 bits per heavy atom. The fourth-order valence-electron chi connectivity index (χ4n) is 2.05. The van der Waals surface area contributed by atoms with E-state index in [-0.39, 0.29) is 5.75 Å². The lowest BCUT2D eigenvalue weighted by atomic mass is 10.1. The summed E-state index contributed by atoms with van der Waals surface area (Å²) < 4.78 is 5.38. The van der Waals surface area contributed by atoms with Crippen molar-refractivity contribution in [1.29, 1.82) is 0 Å². The molecule has 112 valence electrons. The minimum atomic E-state index is -0.00607. The summed E-state index contributed by atoms with van der Waals surface area (Å²) in [6.07, 6.45) is 0. The Balaban J connectivity index is 2.14. The third kappa shape index (κ3) is 3.82. The highest BCUT2D eigenvalue weighted by atomic mass is 35.5. The van der Waals surface area contributed by atoms with E-state index in [1.54, 1.807) is 12.1 Å². The molecule has 4 heteroatoms. The van der Waals surface area contributed by atoms with Crippen molar-refractivity contribution in [3.63, 3.8) is 0 Å². The molecule has 0 heterocycles. The smallest absolute Gasteiger partial charge is 0.176 e. The zero-order chi connectivity index (χ0) is 15.4. The van der Waals surface area contributed by atoms with Gasteiger partial charge in [-0.1, -0.05) is 17.7 Å². The Morgan fingerprint density at radius 1 is 1.14 bits per heavy atom. The normalized spacial score (nSPS) is 10.5. The third-order valence-electron chi connectivity index (χ3n) is 3.39. The Morgan fingerprint density at radius 2 is 1.90 bits per heavy atom. The summed E-state index contributed by atoms with van der Waals surface area (Å²) in [4.78, 5) is 0. The van der Waals surface area contributed by atoms with Gasteiger partial charge >= 0.3 is 0 Å². The van der Waals surface area contributed by atoms with Crippen LogP contribution in [-0.4, -0.2) is 11.7 Å². The highest BCUT2D eigenvalue weighted by molar-refractivity contribution is 6.32. The van der Waals surface area contributed by atoms with Gasteiger partial charge in [0.15, 0.2) is 11.5 Å². The van der Waals surface area contributed by atoms with Gasteiger partial charge in [0.05, 0.1) is 11.6 Å². The van der Waals surface area contributed by atoms with Crippen molar-refractivity contribution in [2.45, 2.75) is 27.3 Å². The molecule has 0 aliphatic rings. The monoisotopic (exact) mass is 305 g/mol. The van der Waals surface area contributed by atoms with Gasteiger partial charge in [-0.25, -0.2) is 0 Å². The summed E-state index contributed by atoms with van der Waals surface area (Å²) in [6, 6.07) is 9.80. The van der Waals surface area contributed by atoms with E-state index in [9.17, 15) is 5.11 Å². The van der Waals surface area contributed by atoms with Crippen molar-refractivity contribution in [3.8, 4) is 11.5 Å². The van der Waals surface area contributed by atoms with E-state index in [2.05, 4.69) is 31.3 Å². The molecule has 0 unspecified atom stereocenters. The second-order valence-electron chi connectivity index (χ2n) is 5.01. The van der Waals surface area contributed by atoms with Crippen LogP contribution in [0.15, 0.2) is 30.3 Å². The minimum absolute atomic E-state index is 0.00607. The van der Waals surface area contributed by atoms with Gasteiger partial charge in [-0.3, -0.25) is 0 Å². The van der Waals surface area contributed by atoms with Crippen LogP contribution >= 0.6 is 11.6 Å². The van der Waals surface area contributed by atoms with Crippen LogP contribution in [-0.2, 0) is 6.54 Å².